The summed E-state index contributed by atoms with van der Waals surface area (Å²) in [6.45, 7) is 0.150. The third-order valence-electron chi connectivity index (χ3n) is 6.63. The van der Waals surface area contributed by atoms with Crippen LogP contribution in [0.3, 0.4) is 0 Å². The van der Waals surface area contributed by atoms with Gasteiger partial charge in [0.2, 0.25) is 11.8 Å². The molecule has 1 fully saturated rings. The van der Waals surface area contributed by atoms with Crippen LogP contribution in [0.4, 0.5) is 4.39 Å². The van der Waals surface area contributed by atoms with Gasteiger partial charge in [-0.1, -0.05) is 84.6 Å². The number of amides is 2. The van der Waals surface area contributed by atoms with Crippen LogP contribution in [0.1, 0.15) is 42.4 Å². The van der Waals surface area contributed by atoms with Crippen LogP contribution in [-0.4, -0.2) is 28.8 Å². The molecule has 0 radical (unpaired) electrons. The molecule has 1 aliphatic rings. The van der Waals surface area contributed by atoms with Gasteiger partial charge in [-0.2, -0.15) is 0 Å². The number of hydrogen-bond donors (Lipinski definition) is 1. The molecule has 0 saturated heterocycles. The fourth-order valence-corrected chi connectivity index (χ4v) is 5.19. The number of benzene rings is 3. The molecule has 0 spiro atoms. The normalized spacial score (nSPS) is 14.4. The first-order chi connectivity index (χ1) is 17.4. The Hall–Kier alpha value is -2.89. The molecule has 3 aromatic rings. The van der Waals surface area contributed by atoms with Crippen molar-refractivity contribution in [3.05, 3.63) is 105 Å². The van der Waals surface area contributed by atoms with Crippen molar-refractivity contribution in [3.8, 4) is 0 Å². The van der Waals surface area contributed by atoms with Crippen LogP contribution in [0.15, 0.2) is 72.8 Å². The minimum absolute atomic E-state index is 0.0539. The summed E-state index contributed by atoms with van der Waals surface area (Å²) in [7, 11) is 0. The van der Waals surface area contributed by atoms with E-state index in [0.717, 1.165) is 36.8 Å². The number of nitrogens with one attached hydrogen (secondary N) is 1. The molecule has 1 aliphatic carbocycles. The second kappa shape index (κ2) is 12.4. The standard InChI is InChI=1S/C29H29Cl2FN2O2/c30-25-11-6-12-26(31)24(25)18-28(35)34(19-21-13-15-22(32)16-14-21)27(17-20-7-2-1-3-8-20)29(36)33-23-9-4-5-10-23/h1-3,6-8,11-16,23,27H,4-5,9-10,17-19H2,(H,33,36)/t27-/m0/s1. The lowest BCUT2D eigenvalue weighted by Gasteiger charge is -2.32. The number of carbonyl (C=O) groups excluding carboxylic acids is 2. The zero-order chi connectivity index (χ0) is 25.5. The first-order valence-corrected chi connectivity index (χ1v) is 13.0. The van der Waals surface area contributed by atoms with Crippen LogP contribution < -0.4 is 5.32 Å². The second-order valence-electron chi connectivity index (χ2n) is 9.22. The molecule has 1 N–H and O–H groups in total. The minimum Gasteiger partial charge on any atom is -0.352 e. The van der Waals surface area contributed by atoms with E-state index in [1.165, 1.54) is 12.1 Å². The molecule has 3 aromatic carbocycles. The molecule has 7 heteroatoms. The van der Waals surface area contributed by atoms with Gasteiger partial charge in [0.25, 0.3) is 0 Å². The van der Waals surface area contributed by atoms with E-state index in [2.05, 4.69) is 5.32 Å². The molecule has 4 nitrogen and oxygen atoms in total. The molecule has 188 valence electrons. The predicted octanol–water partition coefficient (Wildman–Crippen LogP) is 6.37. The molecule has 0 heterocycles. The van der Waals surface area contributed by atoms with Gasteiger partial charge >= 0.3 is 0 Å². The van der Waals surface area contributed by atoms with Crippen LogP contribution >= 0.6 is 23.2 Å². The topological polar surface area (TPSA) is 49.4 Å². The second-order valence-corrected chi connectivity index (χ2v) is 10.0. The van der Waals surface area contributed by atoms with Crippen molar-refractivity contribution < 1.29 is 14.0 Å². The van der Waals surface area contributed by atoms with E-state index >= 15 is 0 Å². The zero-order valence-corrected chi connectivity index (χ0v) is 21.4. The number of hydrogen-bond acceptors (Lipinski definition) is 2. The van der Waals surface area contributed by atoms with Crippen molar-refractivity contribution in [2.45, 2.75) is 57.2 Å². The van der Waals surface area contributed by atoms with Crippen LogP contribution in [-0.2, 0) is 29.0 Å². The van der Waals surface area contributed by atoms with E-state index in [9.17, 15) is 14.0 Å². The average Bonchev–Trinajstić information content (AvgIpc) is 3.38. The molecule has 0 aromatic heterocycles. The van der Waals surface area contributed by atoms with Crippen LogP contribution in [0.25, 0.3) is 0 Å². The van der Waals surface area contributed by atoms with E-state index in [1.54, 1.807) is 35.2 Å². The van der Waals surface area contributed by atoms with Crippen LogP contribution in [0, 0.1) is 5.82 Å². The van der Waals surface area contributed by atoms with Gasteiger partial charge in [0.05, 0.1) is 6.42 Å². The van der Waals surface area contributed by atoms with Crippen molar-refractivity contribution in [1.29, 1.82) is 0 Å². The van der Waals surface area contributed by atoms with Crippen molar-refractivity contribution in [1.82, 2.24) is 10.2 Å². The number of halogens is 3. The summed E-state index contributed by atoms with van der Waals surface area (Å²) < 4.78 is 13.6. The number of nitrogens with zero attached hydrogens (tertiary/aromatic N) is 1. The molecule has 0 aliphatic heterocycles. The van der Waals surface area contributed by atoms with Gasteiger partial charge in [0.15, 0.2) is 0 Å². The Labute approximate surface area is 221 Å². The molecule has 1 saturated carbocycles. The number of rotatable bonds is 9. The summed E-state index contributed by atoms with van der Waals surface area (Å²) in [5.74, 6) is -0.831. The lowest BCUT2D eigenvalue weighted by atomic mass is 10.0. The predicted molar refractivity (Wildman–Crippen MR) is 141 cm³/mol. The fraction of sp³-hybridized carbons (Fsp3) is 0.310. The van der Waals surface area contributed by atoms with Crippen molar-refractivity contribution in [2.75, 3.05) is 0 Å². The zero-order valence-electron chi connectivity index (χ0n) is 19.9. The maximum Gasteiger partial charge on any atom is 0.243 e. The Morgan fingerprint density at radius 2 is 1.53 bits per heavy atom. The summed E-state index contributed by atoms with van der Waals surface area (Å²) >= 11 is 12.7. The summed E-state index contributed by atoms with van der Waals surface area (Å²) in [4.78, 5) is 29.1. The van der Waals surface area contributed by atoms with Crippen molar-refractivity contribution in [2.24, 2.45) is 0 Å². The molecule has 2 amide bonds. The van der Waals surface area contributed by atoms with Gasteiger partial charge in [-0.15, -0.1) is 0 Å². The molecule has 0 bridgehead atoms. The van der Waals surface area contributed by atoms with Crippen LogP contribution in [0.5, 0.6) is 0 Å². The largest absolute Gasteiger partial charge is 0.352 e. The minimum atomic E-state index is -0.758. The summed E-state index contributed by atoms with van der Waals surface area (Å²) in [5.41, 5.74) is 2.18. The summed E-state index contributed by atoms with van der Waals surface area (Å²) in [5, 5.41) is 3.96. The highest BCUT2D eigenvalue weighted by Gasteiger charge is 2.32. The molecule has 0 unspecified atom stereocenters. The first kappa shape index (κ1) is 26.2. The van der Waals surface area contributed by atoms with E-state index in [4.69, 9.17) is 23.2 Å². The summed E-state index contributed by atoms with van der Waals surface area (Å²) in [6.07, 6.45) is 4.33. The molecule has 1 atom stereocenters. The lowest BCUT2D eigenvalue weighted by molar-refractivity contribution is -0.141. The number of carbonyl (C=O) groups is 2. The van der Waals surface area contributed by atoms with E-state index in [0.29, 0.717) is 22.0 Å². The third-order valence-corrected chi connectivity index (χ3v) is 7.34. The smallest absolute Gasteiger partial charge is 0.243 e. The summed E-state index contributed by atoms with van der Waals surface area (Å²) in [6, 6.07) is 20.1. The van der Waals surface area contributed by atoms with Gasteiger partial charge in [-0.25, -0.2) is 4.39 Å². The highest BCUT2D eigenvalue weighted by Crippen LogP contribution is 2.27. The van der Waals surface area contributed by atoms with Crippen LogP contribution in [0.2, 0.25) is 10.0 Å². The van der Waals surface area contributed by atoms with Gasteiger partial charge in [0, 0.05) is 29.1 Å². The quantitative estimate of drug-likeness (QED) is 0.352. The molecular formula is C29H29Cl2FN2O2. The van der Waals surface area contributed by atoms with E-state index in [-0.39, 0.29) is 36.6 Å². The van der Waals surface area contributed by atoms with E-state index < -0.39 is 6.04 Å². The van der Waals surface area contributed by atoms with Gasteiger partial charge in [-0.05, 0) is 53.8 Å². The highest BCUT2D eigenvalue weighted by atomic mass is 35.5. The van der Waals surface area contributed by atoms with Crippen molar-refractivity contribution >= 4 is 35.0 Å². The monoisotopic (exact) mass is 526 g/mol. The molecular weight excluding hydrogens is 498 g/mol. The first-order valence-electron chi connectivity index (χ1n) is 12.2. The van der Waals surface area contributed by atoms with Gasteiger partial charge < -0.3 is 10.2 Å². The lowest BCUT2D eigenvalue weighted by Crippen LogP contribution is -2.52. The Balaban J connectivity index is 1.68. The fourth-order valence-electron chi connectivity index (χ4n) is 4.66. The third kappa shape index (κ3) is 6.86. The van der Waals surface area contributed by atoms with Gasteiger partial charge in [0.1, 0.15) is 11.9 Å². The Morgan fingerprint density at radius 3 is 2.17 bits per heavy atom. The highest BCUT2D eigenvalue weighted by molar-refractivity contribution is 6.36. The average molecular weight is 527 g/mol. The van der Waals surface area contributed by atoms with Crippen molar-refractivity contribution in [3.63, 3.8) is 0 Å². The maximum atomic E-state index is 13.8. The molecule has 36 heavy (non-hydrogen) atoms. The maximum absolute atomic E-state index is 13.8. The Kier molecular flexibility index (Phi) is 9.00. The molecule has 4 rings (SSSR count). The Morgan fingerprint density at radius 1 is 0.889 bits per heavy atom. The Bertz CT molecular complexity index is 1160. The van der Waals surface area contributed by atoms with Gasteiger partial charge in [-0.3, -0.25) is 9.59 Å². The SMILES string of the molecule is O=C(NC1CCCC1)[C@H](Cc1ccccc1)N(Cc1ccc(F)cc1)C(=O)Cc1c(Cl)cccc1Cl. The van der Waals surface area contributed by atoms with E-state index in [1.807, 2.05) is 30.3 Å².